The second-order valence-electron chi connectivity index (χ2n) is 5.36. The molecule has 3 rings (SSSR count). The van der Waals surface area contributed by atoms with Crippen LogP contribution in [0.15, 0.2) is 35.7 Å². The summed E-state index contributed by atoms with van der Waals surface area (Å²) in [5, 5.41) is 12.3. The van der Waals surface area contributed by atoms with E-state index in [1.54, 1.807) is 11.3 Å². The van der Waals surface area contributed by atoms with Gasteiger partial charge in [0.05, 0.1) is 10.7 Å². The molecule has 1 saturated heterocycles. The number of benzene rings is 1. The van der Waals surface area contributed by atoms with Crippen LogP contribution in [0, 0.1) is 0 Å². The Kier molecular flexibility index (Phi) is 4.31. The van der Waals surface area contributed by atoms with Gasteiger partial charge in [0, 0.05) is 18.3 Å². The van der Waals surface area contributed by atoms with Crippen LogP contribution in [0.5, 0.6) is 0 Å². The van der Waals surface area contributed by atoms with Crippen molar-refractivity contribution in [3.05, 3.63) is 52.0 Å². The Morgan fingerprint density at radius 2 is 2.19 bits per heavy atom. The van der Waals surface area contributed by atoms with E-state index < -0.39 is 5.97 Å². The van der Waals surface area contributed by atoms with E-state index in [9.17, 15) is 9.90 Å². The first-order chi connectivity index (χ1) is 10.2. The van der Waals surface area contributed by atoms with Crippen molar-refractivity contribution in [1.82, 2.24) is 9.88 Å². The Bertz CT molecular complexity index is 612. The number of aliphatic carboxylic acids is 1. The molecule has 1 aliphatic rings. The summed E-state index contributed by atoms with van der Waals surface area (Å²) in [6.07, 6.45) is 2.54. The molecule has 1 aromatic heterocycles. The minimum absolute atomic E-state index is 0.343. The van der Waals surface area contributed by atoms with Gasteiger partial charge in [-0.1, -0.05) is 30.3 Å². The van der Waals surface area contributed by atoms with Crippen molar-refractivity contribution in [3.8, 4) is 0 Å². The molecule has 1 aromatic carbocycles. The van der Waals surface area contributed by atoms with Crippen molar-refractivity contribution in [3.63, 3.8) is 0 Å². The average Bonchev–Trinajstić information content (AvgIpc) is 3.10. The van der Waals surface area contributed by atoms with Crippen molar-refractivity contribution >= 4 is 17.3 Å². The summed E-state index contributed by atoms with van der Waals surface area (Å²) in [6.45, 7) is 1.49. The predicted molar refractivity (Wildman–Crippen MR) is 82.4 cm³/mol. The second-order valence-corrected chi connectivity index (χ2v) is 6.30. The number of nitrogens with zero attached hydrogens (tertiary/aromatic N) is 2. The van der Waals surface area contributed by atoms with Crippen LogP contribution in [0.4, 0.5) is 0 Å². The van der Waals surface area contributed by atoms with Gasteiger partial charge in [-0.2, -0.15) is 0 Å². The van der Waals surface area contributed by atoms with Crippen molar-refractivity contribution in [2.45, 2.75) is 31.8 Å². The van der Waals surface area contributed by atoms with Crippen molar-refractivity contribution in [2.75, 3.05) is 6.54 Å². The van der Waals surface area contributed by atoms with Crippen molar-refractivity contribution < 1.29 is 9.90 Å². The van der Waals surface area contributed by atoms with Gasteiger partial charge < -0.3 is 5.11 Å². The number of thiazole rings is 1. The van der Waals surface area contributed by atoms with E-state index >= 15 is 0 Å². The quantitative estimate of drug-likeness (QED) is 0.923. The summed E-state index contributed by atoms with van der Waals surface area (Å²) in [6, 6.07) is 9.93. The molecular formula is C16H18N2O2S. The Morgan fingerprint density at radius 1 is 1.38 bits per heavy atom. The lowest BCUT2D eigenvalue weighted by Crippen LogP contribution is -2.35. The summed E-state index contributed by atoms with van der Waals surface area (Å²) in [4.78, 5) is 17.9. The number of hydrogen-bond donors (Lipinski definition) is 1. The molecule has 0 radical (unpaired) electrons. The lowest BCUT2D eigenvalue weighted by molar-refractivity contribution is -0.142. The third kappa shape index (κ3) is 3.49. The minimum atomic E-state index is -0.716. The summed E-state index contributed by atoms with van der Waals surface area (Å²) in [5.41, 5.74) is 2.24. The molecule has 4 nitrogen and oxygen atoms in total. The Hall–Kier alpha value is -1.72. The van der Waals surface area contributed by atoms with Crippen LogP contribution in [0.25, 0.3) is 0 Å². The topological polar surface area (TPSA) is 53.4 Å². The summed E-state index contributed by atoms with van der Waals surface area (Å²) in [7, 11) is 0. The normalized spacial score (nSPS) is 19.0. The predicted octanol–water partition coefficient (Wildman–Crippen LogP) is 2.78. The largest absolute Gasteiger partial charge is 0.480 e. The third-order valence-corrected chi connectivity index (χ3v) is 4.71. The van der Waals surface area contributed by atoms with E-state index in [1.165, 1.54) is 5.56 Å². The van der Waals surface area contributed by atoms with Gasteiger partial charge in [-0.15, -0.1) is 11.3 Å². The molecule has 0 spiro atoms. The maximum atomic E-state index is 11.2. The third-order valence-electron chi connectivity index (χ3n) is 3.81. The van der Waals surface area contributed by atoms with Crippen LogP contribution in [0.1, 0.15) is 29.1 Å². The van der Waals surface area contributed by atoms with Crippen LogP contribution >= 0.6 is 11.3 Å². The molecule has 0 aliphatic carbocycles. The Balaban J connectivity index is 1.64. The molecule has 2 heterocycles. The maximum absolute atomic E-state index is 11.2. The van der Waals surface area contributed by atoms with Gasteiger partial charge in [0.2, 0.25) is 0 Å². The molecule has 1 N–H and O–H groups in total. The molecule has 110 valence electrons. The van der Waals surface area contributed by atoms with Gasteiger partial charge in [-0.25, -0.2) is 4.98 Å². The molecule has 2 aromatic rings. The van der Waals surface area contributed by atoms with Gasteiger partial charge in [-0.05, 0) is 24.9 Å². The fourth-order valence-electron chi connectivity index (χ4n) is 2.78. The van der Waals surface area contributed by atoms with Crippen LogP contribution in [-0.2, 0) is 17.8 Å². The van der Waals surface area contributed by atoms with Gasteiger partial charge in [0.15, 0.2) is 0 Å². The van der Waals surface area contributed by atoms with E-state index in [0.29, 0.717) is 6.54 Å². The second kappa shape index (κ2) is 6.37. The first-order valence-corrected chi connectivity index (χ1v) is 8.04. The first-order valence-electron chi connectivity index (χ1n) is 7.16. The van der Waals surface area contributed by atoms with E-state index in [4.69, 9.17) is 0 Å². The molecule has 0 bridgehead atoms. The van der Waals surface area contributed by atoms with E-state index in [2.05, 4.69) is 22.5 Å². The maximum Gasteiger partial charge on any atom is 0.320 e. The van der Waals surface area contributed by atoms with Gasteiger partial charge in [0.1, 0.15) is 6.04 Å². The van der Waals surface area contributed by atoms with Crippen LogP contribution in [-0.4, -0.2) is 33.5 Å². The highest BCUT2D eigenvalue weighted by Crippen LogP contribution is 2.22. The van der Waals surface area contributed by atoms with Crippen molar-refractivity contribution in [2.24, 2.45) is 0 Å². The highest BCUT2D eigenvalue weighted by molar-refractivity contribution is 7.09. The molecule has 0 saturated carbocycles. The average molecular weight is 302 g/mol. The zero-order valence-electron chi connectivity index (χ0n) is 11.7. The zero-order valence-corrected chi connectivity index (χ0v) is 12.6. The van der Waals surface area contributed by atoms with Gasteiger partial charge in [0.25, 0.3) is 0 Å². The van der Waals surface area contributed by atoms with Crippen LogP contribution < -0.4 is 0 Å². The monoisotopic (exact) mass is 302 g/mol. The summed E-state index contributed by atoms with van der Waals surface area (Å²) < 4.78 is 0. The molecule has 0 unspecified atom stereocenters. The summed E-state index contributed by atoms with van der Waals surface area (Å²) in [5.74, 6) is -0.716. The smallest absolute Gasteiger partial charge is 0.320 e. The minimum Gasteiger partial charge on any atom is -0.480 e. The van der Waals surface area contributed by atoms with Crippen LogP contribution in [0.3, 0.4) is 0 Å². The van der Waals surface area contributed by atoms with Crippen LogP contribution in [0.2, 0.25) is 0 Å². The number of carbonyl (C=O) groups is 1. The van der Waals surface area contributed by atoms with E-state index in [0.717, 1.165) is 36.5 Å². The van der Waals surface area contributed by atoms with Crippen molar-refractivity contribution in [1.29, 1.82) is 0 Å². The molecular weight excluding hydrogens is 284 g/mol. The Morgan fingerprint density at radius 3 is 2.95 bits per heavy atom. The number of rotatable bonds is 5. The SMILES string of the molecule is O=C(O)[C@H]1CCCN1Cc1csc(Cc2ccccc2)n1. The fourth-order valence-corrected chi connectivity index (χ4v) is 3.60. The molecule has 21 heavy (non-hydrogen) atoms. The number of hydrogen-bond acceptors (Lipinski definition) is 4. The molecule has 1 atom stereocenters. The first kappa shape index (κ1) is 14.2. The lowest BCUT2D eigenvalue weighted by Gasteiger charge is -2.19. The molecule has 5 heteroatoms. The number of aromatic nitrogens is 1. The highest BCUT2D eigenvalue weighted by Gasteiger charge is 2.30. The number of likely N-dealkylation sites (tertiary alicyclic amines) is 1. The van der Waals surface area contributed by atoms with Gasteiger partial charge in [-0.3, -0.25) is 9.69 Å². The van der Waals surface area contributed by atoms with E-state index in [1.807, 2.05) is 23.1 Å². The fraction of sp³-hybridized carbons (Fsp3) is 0.375. The standard InChI is InChI=1S/C16H18N2O2S/c19-16(20)14-7-4-8-18(14)10-13-11-21-15(17-13)9-12-5-2-1-3-6-12/h1-3,5-6,11,14H,4,7-10H2,(H,19,20)/t14-/m1/s1. The lowest BCUT2D eigenvalue weighted by atomic mass is 10.2. The Labute approximate surface area is 128 Å². The van der Waals surface area contributed by atoms with Gasteiger partial charge >= 0.3 is 5.97 Å². The number of carboxylic acid groups (broad SMARTS) is 1. The highest BCUT2D eigenvalue weighted by atomic mass is 32.1. The molecule has 0 amide bonds. The molecule has 1 fully saturated rings. The number of carboxylic acids is 1. The summed E-state index contributed by atoms with van der Waals surface area (Å²) >= 11 is 1.65. The van der Waals surface area contributed by atoms with E-state index in [-0.39, 0.29) is 6.04 Å². The zero-order chi connectivity index (χ0) is 14.7. The molecule has 1 aliphatic heterocycles.